The lowest BCUT2D eigenvalue weighted by atomic mass is 9.99. The second-order valence-corrected chi connectivity index (χ2v) is 7.74. The Morgan fingerprint density at radius 1 is 1.29 bits per heavy atom. The summed E-state index contributed by atoms with van der Waals surface area (Å²) < 4.78 is 54.1. The van der Waals surface area contributed by atoms with Crippen molar-refractivity contribution >= 4 is 26.0 Å². The first-order valence-electron chi connectivity index (χ1n) is 6.72. The summed E-state index contributed by atoms with van der Waals surface area (Å²) in [6, 6.07) is 1.02. The lowest BCUT2D eigenvalue weighted by Gasteiger charge is -2.23. The van der Waals surface area contributed by atoms with Crippen molar-refractivity contribution in [1.82, 2.24) is 4.72 Å². The lowest BCUT2D eigenvalue weighted by Crippen LogP contribution is -2.44. The highest BCUT2D eigenvalue weighted by Crippen LogP contribution is 2.29. The van der Waals surface area contributed by atoms with E-state index in [4.69, 9.17) is 5.73 Å². The van der Waals surface area contributed by atoms with Gasteiger partial charge in [0.15, 0.2) is 0 Å². The van der Waals surface area contributed by atoms with E-state index in [9.17, 15) is 17.2 Å². The van der Waals surface area contributed by atoms with Crippen LogP contribution in [0.1, 0.15) is 25.7 Å². The summed E-state index contributed by atoms with van der Waals surface area (Å²) in [5.41, 5.74) is 5.63. The molecule has 0 bridgehead atoms. The average Bonchev–Trinajstić information content (AvgIpc) is 2.94. The summed E-state index contributed by atoms with van der Waals surface area (Å²) in [5, 5.41) is 0. The number of halogens is 3. The molecule has 1 aromatic rings. The summed E-state index contributed by atoms with van der Waals surface area (Å²) in [5.74, 6) is -1.69. The first-order chi connectivity index (χ1) is 9.85. The van der Waals surface area contributed by atoms with Crippen molar-refractivity contribution in [2.24, 2.45) is 11.7 Å². The molecule has 1 aliphatic rings. The van der Waals surface area contributed by atoms with Crippen LogP contribution in [0.5, 0.6) is 0 Å². The molecule has 118 valence electrons. The Morgan fingerprint density at radius 2 is 1.90 bits per heavy atom. The van der Waals surface area contributed by atoms with Gasteiger partial charge in [0.05, 0.1) is 4.47 Å². The fourth-order valence-corrected chi connectivity index (χ4v) is 4.37. The highest BCUT2D eigenvalue weighted by atomic mass is 79.9. The molecule has 0 heterocycles. The SMILES string of the molecule is NCC(NS(=O)(=O)c1cc(F)c(Br)cc1F)C1CCCC1. The van der Waals surface area contributed by atoms with E-state index < -0.39 is 32.6 Å². The summed E-state index contributed by atoms with van der Waals surface area (Å²) in [6.07, 6.45) is 3.84. The van der Waals surface area contributed by atoms with Gasteiger partial charge in [-0.15, -0.1) is 0 Å². The third-order valence-corrected chi connectivity index (χ3v) is 5.91. The second-order valence-electron chi connectivity index (χ2n) is 5.20. The minimum atomic E-state index is -4.14. The molecule has 1 fully saturated rings. The van der Waals surface area contributed by atoms with E-state index in [2.05, 4.69) is 20.7 Å². The summed E-state index contributed by atoms with van der Waals surface area (Å²) >= 11 is 2.82. The molecule has 21 heavy (non-hydrogen) atoms. The highest BCUT2D eigenvalue weighted by Gasteiger charge is 2.30. The van der Waals surface area contributed by atoms with E-state index in [1.807, 2.05) is 0 Å². The standard InChI is InChI=1S/C13H17BrF2N2O2S/c14-9-5-11(16)13(6-10(9)15)21(19,20)18-12(7-17)8-3-1-2-4-8/h5-6,8,12,18H,1-4,7,17H2. The first-order valence-corrected chi connectivity index (χ1v) is 8.99. The molecule has 4 nitrogen and oxygen atoms in total. The maximum atomic E-state index is 13.8. The van der Waals surface area contributed by atoms with Gasteiger partial charge in [-0.1, -0.05) is 12.8 Å². The Labute approximate surface area is 131 Å². The number of rotatable bonds is 5. The summed E-state index contributed by atoms with van der Waals surface area (Å²) in [6.45, 7) is 0.129. The van der Waals surface area contributed by atoms with Crippen molar-refractivity contribution in [3.8, 4) is 0 Å². The van der Waals surface area contributed by atoms with Crippen molar-refractivity contribution in [2.75, 3.05) is 6.54 Å². The van der Waals surface area contributed by atoms with Crippen LogP contribution < -0.4 is 10.5 Å². The van der Waals surface area contributed by atoms with Crippen LogP contribution in [0.4, 0.5) is 8.78 Å². The van der Waals surface area contributed by atoms with Crippen molar-refractivity contribution in [1.29, 1.82) is 0 Å². The van der Waals surface area contributed by atoms with Crippen LogP contribution in [-0.2, 0) is 10.0 Å². The van der Waals surface area contributed by atoms with Crippen LogP contribution in [0.25, 0.3) is 0 Å². The van der Waals surface area contributed by atoms with Gasteiger partial charge in [-0.25, -0.2) is 21.9 Å². The number of nitrogens with two attached hydrogens (primary N) is 1. The number of sulfonamides is 1. The van der Waals surface area contributed by atoms with Gasteiger partial charge in [0, 0.05) is 12.6 Å². The Balaban J connectivity index is 2.27. The van der Waals surface area contributed by atoms with Crippen LogP contribution >= 0.6 is 15.9 Å². The molecule has 8 heteroatoms. The number of hydrogen-bond acceptors (Lipinski definition) is 3. The Morgan fingerprint density at radius 3 is 2.48 bits per heavy atom. The van der Waals surface area contributed by atoms with Crippen LogP contribution in [0.15, 0.2) is 21.5 Å². The van der Waals surface area contributed by atoms with Gasteiger partial charge in [0.1, 0.15) is 16.5 Å². The zero-order chi connectivity index (χ0) is 15.6. The van der Waals surface area contributed by atoms with Gasteiger partial charge in [-0.3, -0.25) is 0 Å². The molecule has 0 amide bonds. The third kappa shape index (κ3) is 3.80. The highest BCUT2D eigenvalue weighted by molar-refractivity contribution is 9.10. The Bertz CT molecular complexity index is 619. The van der Waals surface area contributed by atoms with E-state index in [1.165, 1.54) is 0 Å². The van der Waals surface area contributed by atoms with E-state index in [-0.39, 0.29) is 16.9 Å². The molecule has 1 saturated carbocycles. The van der Waals surface area contributed by atoms with Crippen LogP contribution in [0.3, 0.4) is 0 Å². The molecule has 1 aromatic carbocycles. The molecule has 0 aromatic heterocycles. The van der Waals surface area contributed by atoms with Gasteiger partial charge in [-0.05, 0) is 46.8 Å². The fourth-order valence-electron chi connectivity index (χ4n) is 2.67. The molecule has 0 aliphatic heterocycles. The molecule has 1 aliphatic carbocycles. The van der Waals surface area contributed by atoms with Gasteiger partial charge in [-0.2, -0.15) is 0 Å². The normalized spacial score (nSPS) is 18.1. The van der Waals surface area contributed by atoms with Crippen LogP contribution in [0.2, 0.25) is 0 Å². The molecule has 2 rings (SSSR count). The Hall–Kier alpha value is -0.570. The van der Waals surface area contributed by atoms with Crippen molar-refractivity contribution in [3.63, 3.8) is 0 Å². The monoisotopic (exact) mass is 382 g/mol. The smallest absolute Gasteiger partial charge is 0.243 e. The summed E-state index contributed by atoms with van der Waals surface area (Å²) in [4.78, 5) is -0.695. The number of benzene rings is 1. The zero-order valence-corrected chi connectivity index (χ0v) is 13.7. The Kier molecular flexibility index (Phi) is 5.34. The van der Waals surface area contributed by atoms with Crippen molar-refractivity contribution in [3.05, 3.63) is 28.2 Å². The molecule has 0 saturated heterocycles. The first kappa shape index (κ1) is 16.8. The quantitative estimate of drug-likeness (QED) is 0.768. The minimum Gasteiger partial charge on any atom is -0.329 e. The predicted octanol–water partition coefficient (Wildman–Crippen LogP) is 2.52. The molecule has 1 unspecified atom stereocenters. The van der Waals surface area contributed by atoms with Crippen LogP contribution in [0, 0.1) is 17.6 Å². The maximum absolute atomic E-state index is 13.8. The third-order valence-electron chi connectivity index (χ3n) is 3.79. The zero-order valence-electron chi connectivity index (χ0n) is 11.3. The van der Waals surface area contributed by atoms with Gasteiger partial charge < -0.3 is 5.73 Å². The molecule has 1 atom stereocenters. The largest absolute Gasteiger partial charge is 0.329 e. The summed E-state index contributed by atoms with van der Waals surface area (Å²) in [7, 11) is -4.14. The number of hydrogen-bond donors (Lipinski definition) is 2. The van der Waals surface area contributed by atoms with E-state index in [1.54, 1.807) is 0 Å². The predicted molar refractivity (Wildman–Crippen MR) is 79.2 cm³/mol. The molecule has 0 spiro atoms. The van der Waals surface area contributed by atoms with Crippen molar-refractivity contribution < 1.29 is 17.2 Å². The van der Waals surface area contributed by atoms with Crippen LogP contribution in [-0.4, -0.2) is 21.0 Å². The second kappa shape index (κ2) is 6.68. The lowest BCUT2D eigenvalue weighted by molar-refractivity contribution is 0.404. The van der Waals surface area contributed by atoms with E-state index in [0.29, 0.717) is 6.07 Å². The fraction of sp³-hybridized carbons (Fsp3) is 0.538. The number of nitrogens with one attached hydrogen (secondary N) is 1. The van der Waals surface area contributed by atoms with Gasteiger partial charge in [0.25, 0.3) is 0 Å². The maximum Gasteiger partial charge on any atom is 0.243 e. The van der Waals surface area contributed by atoms with E-state index in [0.717, 1.165) is 31.7 Å². The van der Waals surface area contributed by atoms with E-state index >= 15 is 0 Å². The van der Waals surface area contributed by atoms with Crippen molar-refractivity contribution in [2.45, 2.75) is 36.6 Å². The molecule has 3 N–H and O–H groups in total. The minimum absolute atomic E-state index is 0.120. The molecular formula is C13H17BrF2N2O2S. The molecular weight excluding hydrogens is 366 g/mol. The van der Waals surface area contributed by atoms with Gasteiger partial charge in [0.2, 0.25) is 10.0 Å². The molecule has 0 radical (unpaired) electrons. The topological polar surface area (TPSA) is 72.2 Å². The average molecular weight is 383 g/mol. The van der Waals surface area contributed by atoms with Gasteiger partial charge >= 0.3 is 0 Å².